The van der Waals surface area contributed by atoms with Gasteiger partial charge in [0.1, 0.15) is 6.17 Å². The molecule has 1 aliphatic rings. The highest BCUT2D eigenvalue weighted by Crippen LogP contribution is 2.44. The van der Waals surface area contributed by atoms with Crippen LogP contribution in [0, 0.1) is 0 Å². The van der Waals surface area contributed by atoms with Gasteiger partial charge in [0.25, 0.3) is 0 Å². The van der Waals surface area contributed by atoms with E-state index in [0.29, 0.717) is 19.5 Å². The van der Waals surface area contributed by atoms with Gasteiger partial charge in [-0.3, -0.25) is 13.9 Å². The number of rotatable bonds is 8. The molecule has 0 spiro atoms. The average molecular weight is 344 g/mol. The summed E-state index contributed by atoms with van der Waals surface area (Å²) >= 11 is 0. The first-order chi connectivity index (χ1) is 11.1. The van der Waals surface area contributed by atoms with Crippen molar-refractivity contribution in [3.05, 3.63) is 35.9 Å². The molecule has 130 valence electrons. The topological polar surface area (TPSA) is 50.8 Å². The Morgan fingerprint density at radius 1 is 1.26 bits per heavy atom. The van der Waals surface area contributed by atoms with E-state index >= 15 is 0 Å². The SMILES string of the molecule is CCOP(=O)(NC1CN(Cc2ccccc2)CCC1F)OCC. The molecule has 0 radical (unpaired) electrons. The molecule has 1 aromatic carbocycles. The van der Waals surface area contributed by atoms with Crippen molar-refractivity contribution in [2.75, 3.05) is 26.3 Å². The molecule has 0 aromatic heterocycles. The Morgan fingerprint density at radius 2 is 1.91 bits per heavy atom. The molecule has 1 aromatic rings. The first kappa shape index (κ1) is 18.6. The lowest BCUT2D eigenvalue weighted by Gasteiger charge is -2.36. The number of hydrogen-bond acceptors (Lipinski definition) is 4. The Bertz CT molecular complexity index is 507. The maximum Gasteiger partial charge on any atom is 0.405 e. The molecule has 2 rings (SSSR count). The van der Waals surface area contributed by atoms with Gasteiger partial charge in [0.2, 0.25) is 0 Å². The quantitative estimate of drug-likeness (QED) is 0.733. The van der Waals surface area contributed by atoms with Crippen LogP contribution in [0.25, 0.3) is 0 Å². The van der Waals surface area contributed by atoms with Crippen LogP contribution < -0.4 is 5.09 Å². The van der Waals surface area contributed by atoms with Crippen molar-refractivity contribution < 1.29 is 18.0 Å². The molecule has 1 heterocycles. The zero-order chi connectivity index (χ0) is 16.7. The van der Waals surface area contributed by atoms with Crippen LogP contribution in [0.4, 0.5) is 4.39 Å². The molecule has 1 aliphatic heterocycles. The monoisotopic (exact) mass is 344 g/mol. The third-order valence-corrected chi connectivity index (χ3v) is 5.63. The summed E-state index contributed by atoms with van der Waals surface area (Å²) in [7, 11) is -3.45. The van der Waals surface area contributed by atoms with Crippen molar-refractivity contribution in [3.63, 3.8) is 0 Å². The summed E-state index contributed by atoms with van der Waals surface area (Å²) in [5.41, 5.74) is 1.18. The standard InChI is InChI=1S/C16H26FN2O3P/c1-3-21-23(20,22-4-2)18-16-13-19(11-10-15(16)17)12-14-8-6-5-7-9-14/h5-9,15-16H,3-4,10-13H2,1-2H3,(H,18,20). The van der Waals surface area contributed by atoms with Gasteiger partial charge in [-0.1, -0.05) is 30.3 Å². The molecule has 2 atom stereocenters. The van der Waals surface area contributed by atoms with Crippen molar-refractivity contribution in [3.8, 4) is 0 Å². The van der Waals surface area contributed by atoms with Gasteiger partial charge in [-0.2, -0.15) is 0 Å². The Balaban J connectivity index is 1.98. The third-order valence-electron chi connectivity index (χ3n) is 3.78. The predicted octanol–water partition coefficient (Wildman–Crippen LogP) is 3.37. The highest BCUT2D eigenvalue weighted by atomic mass is 31.2. The first-order valence-electron chi connectivity index (χ1n) is 8.13. The Hall–Kier alpha value is -0.780. The molecular formula is C16H26FN2O3P. The maximum atomic E-state index is 14.2. The van der Waals surface area contributed by atoms with Gasteiger partial charge >= 0.3 is 7.75 Å². The molecule has 2 unspecified atom stereocenters. The molecule has 0 bridgehead atoms. The summed E-state index contributed by atoms with van der Waals surface area (Å²) in [6, 6.07) is 9.50. The fourth-order valence-electron chi connectivity index (χ4n) is 2.75. The minimum Gasteiger partial charge on any atom is -0.297 e. The average Bonchev–Trinajstić information content (AvgIpc) is 2.52. The number of halogens is 1. The highest BCUT2D eigenvalue weighted by molar-refractivity contribution is 7.51. The first-order valence-corrected chi connectivity index (χ1v) is 9.68. The number of hydrogen-bond donors (Lipinski definition) is 1. The molecular weight excluding hydrogens is 318 g/mol. The highest BCUT2D eigenvalue weighted by Gasteiger charge is 2.36. The normalized spacial score (nSPS) is 23.1. The summed E-state index contributed by atoms with van der Waals surface area (Å²) in [4.78, 5) is 2.16. The van der Waals surface area contributed by atoms with E-state index in [2.05, 4.69) is 22.1 Å². The van der Waals surface area contributed by atoms with Crippen LogP contribution in [0.1, 0.15) is 25.8 Å². The molecule has 1 saturated heterocycles. The maximum absolute atomic E-state index is 14.2. The summed E-state index contributed by atoms with van der Waals surface area (Å²) in [5.74, 6) is 0. The van der Waals surface area contributed by atoms with Crippen LogP contribution in [0.3, 0.4) is 0 Å². The molecule has 5 nitrogen and oxygen atoms in total. The Labute approximate surface area is 137 Å². The molecule has 23 heavy (non-hydrogen) atoms. The van der Waals surface area contributed by atoms with Crippen LogP contribution in [0.2, 0.25) is 0 Å². The van der Waals surface area contributed by atoms with E-state index in [1.165, 1.54) is 5.56 Å². The minimum atomic E-state index is -3.45. The van der Waals surface area contributed by atoms with E-state index < -0.39 is 20.0 Å². The Morgan fingerprint density at radius 3 is 2.52 bits per heavy atom. The van der Waals surface area contributed by atoms with Gasteiger partial charge in [0.05, 0.1) is 19.3 Å². The second kappa shape index (κ2) is 8.90. The van der Waals surface area contributed by atoms with Gasteiger partial charge in [-0.25, -0.2) is 14.0 Å². The molecule has 0 saturated carbocycles. The van der Waals surface area contributed by atoms with Crippen molar-refractivity contribution >= 4 is 7.75 Å². The second-order valence-corrected chi connectivity index (χ2v) is 7.36. The van der Waals surface area contributed by atoms with Gasteiger partial charge in [-0.15, -0.1) is 0 Å². The summed E-state index contributed by atoms with van der Waals surface area (Å²) < 4.78 is 37.2. The lowest BCUT2D eigenvalue weighted by Crippen LogP contribution is -2.51. The van der Waals surface area contributed by atoms with Crippen molar-refractivity contribution in [2.24, 2.45) is 0 Å². The molecule has 1 N–H and O–H groups in total. The van der Waals surface area contributed by atoms with Crippen molar-refractivity contribution in [1.82, 2.24) is 9.99 Å². The zero-order valence-corrected chi connectivity index (χ0v) is 14.7. The van der Waals surface area contributed by atoms with E-state index in [9.17, 15) is 8.96 Å². The minimum absolute atomic E-state index is 0.252. The number of likely N-dealkylation sites (tertiary alicyclic amines) is 1. The van der Waals surface area contributed by atoms with Crippen LogP contribution in [-0.4, -0.2) is 43.4 Å². The van der Waals surface area contributed by atoms with E-state index in [4.69, 9.17) is 9.05 Å². The Kier molecular flexibility index (Phi) is 7.18. The van der Waals surface area contributed by atoms with Crippen LogP contribution in [0.15, 0.2) is 30.3 Å². The number of nitrogens with one attached hydrogen (secondary N) is 1. The van der Waals surface area contributed by atoms with E-state index in [0.717, 1.165) is 6.54 Å². The smallest absolute Gasteiger partial charge is 0.297 e. The number of alkyl halides is 1. The van der Waals surface area contributed by atoms with Crippen molar-refractivity contribution in [1.29, 1.82) is 0 Å². The summed E-state index contributed by atoms with van der Waals surface area (Å²) in [5, 5.41) is 2.79. The lowest BCUT2D eigenvalue weighted by molar-refractivity contribution is 0.105. The van der Waals surface area contributed by atoms with Gasteiger partial charge < -0.3 is 0 Å². The van der Waals surface area contributed by atoms with Gasteiger partial charge in [-0.05, 0) is 25.8 Å². The molecule has 7 heteroatoms. The molecule has 1 fully saturated rings. The summed E-state index contributed by atoms with van der Waals surface area (Å²) in [6.07, 6.45) is -0.654. The third kappa shape index (κ3) is 5.66. The van der Waals surface area contributed by atoms with E-state index in [-0.39, 0.29) is 13.2 Å². The molecule has 0 amide bonds. The number of benzene rings is 1. The van der Waals surface area contributed by atoms with E-state index in [1.54, 1.807) is 13.8 Å². The second-order valence-electron chi connectivity index (χ2n) is 5.59. The predicted molar refractivity (Wildman–Crippen MR) is 89.0 cm³/mol. The fourth-order valence-corrected chi connectivity index (χ4v) is 4.31. The number of nitrogens with zero attached hydrogens (tertiary/aromatic N) is 1. The van der Waals surface area contributed by atoms with Gasteiger partial charge in [0, 0.05) is 19.6 Å². The van der Waals surface area contributed by atoms with E-state index in [1.807, 2.05) is 18.2 Å². The van der Waals surface area contributed by atoms with Crippen LogP contribution in [0.5, 0.6) is 0 Å². The summed E-state index contributed by atoms with van der Waals surface area (Å²) in [6.45, 7) is 5.89. The zero-order valence-electron chi connectivity index (χ0n) is 13.8. The largest absolute Gasteiger partial charge is 0.405 e. The van der Waals surface area contributed by atoms with Crippen molar-refractivity contribution in [2.45, 2.75) is 39.0 Å². The van der Waals surface area contributed by atoms with Crippen LogP contribution >= 0.6 is 7.75 Å². The van der Waals surface area contributed by atoms with Crippen LogP contribution in [-0.2, 0) is 20.2 Å². The number of piperidine rings is 1. The fraction of sp³-hybridized carbons (Fsp3) is 0.625. The lowest BCUT2D eigenvalue weighted by atomic mass is 10.0. The van der Waals surface area contributed by atoms with Gasteiger partial charge in [0.15, 0.2) is 0 Å². The molecule has 0 aliphatic carbocycles.